The maximum atomic E-state index is 7.35. The van der Waals surface area contributed by atoms with E-state index in [0.717, 1.165) is 68.0 Å². The van der Waals surface area contributed by atoms with Crippen LogP contribution in [-0.4, -0.2) is 6.71 Å². The maximum Gasteiger partial charge on any atom is 0.262 e. The molecular weight excluding hydrogens is 739 g/mol. The number of rotatable bonds is 6. The van der Waals surface area contributed by atoms with Gasteiger partial charge in [-0.3, -0.25) is 0 Å². The number of hydrogen-bond acceptors (Lipinski definition) is 5. The van der Waals surface area contributed by atoms with Crippen LogP contribution in [0.15, 0.2) is 158 Å². The highest BCUT2D eigenvalue weighted by molar-refractivity contribution is 7.28. The number of benzene rings is 8. The molecule has 0 spiro atoms. The molecule has 2 aliphatic heterocycles. The normalized spacial score (nSPS) is 12.4. The fourth-order valence-electron chi connectivity index (χ4n) is 8.91. The molecule has 0 saturated carbocycles. The summed E-state index contributed by atoms with van der Waals surface area (Å²) in [6.45, 7) is 10.6. The molecule has 284 valence electrons. The Morgan fingerprint density at radius 1 is 0.424 bits per heavy atom. The van der Waals surface area contributed by atoms with Gasteiger partial charge < -0.3 is 19.3 Å². The lowest BCUT2D eigenvalue weighted by Gasteiger charge is -2.36. The SMILES string of the molecule is Cc1ccc(N(c2ccc(C)cc2)c2cc3c4c(c2)Oc2cc(N(c5ccc(C)cc5)c5ccc(C)cc5)c5c(sc6ccccc65)c2B4c2cc(C)ccc2O3)cc1. The average molecular weight is 781 g/mol. The Morgan fingerprint density at radius 3 is 1.46 bits per heavy atom. The molecule has 0 radical (unpaired) electrons. The van der Waals surface area contributed by atoms with Gasteiger partial charge in [0.1, 0.15) is 23.0 Å². The molecule has 9 aromatic rings. The largest absolute Gasteiger partial charge is 0.458 e. The maximum absolute atomic E-state index is 7.35. The summed E-state index contributed by atoms with van der Waals surface area (Å²) in [5.74, 6) is 3.35. The van der Waals surface area contributed by atoms with Gasteiger partial charge in [0.25, 0.3) is 6.71 Å². The van der Waals surface area contributed by atoms with Gasteiger partial charge in [-0.25, -0.2) is 0 Å². The predicted octanol–water partition coefficient (Wildman–Crippen LogP) is 13.3. The molecule has 59 heavy (non-hydrogen) atoms. The Morgan fingerprint density at radius 2 is 0.898 bits per heavy atom. The van der Waals surface area contributed by atoms with E-state index in [1.165, 1.54) is 53.5 Å². The second-order valence-electron chi connectivity index (χ2n) is 16.2. The van der Waals surface area contributed by atoms with Crippen LogP contribution in [0.2, 0.25) is 0 Å². The summed E-state index contributed by atoms with van der Waals surface area (Å²) in [6, 6.07) is 57.3. The molecule has 0 bridgehead atoms. The van der Waals surface area contributed by atoms with Crippen molar-refractivity contribution in [3.8, 4) is 23.0 Å². The molecule has 0 unspecified atom stereocenters. The molecule has 0 atom stereocenters. The Bertz CT molecular complexity index is 3010. The minimum atomic E-state index is -0.106. The van der Waals surface area contributed by atoms with Gasteiger partial charge >= 0.3 is 0 Å². The zero-order chi connectivity index (χ0) is 39.9. The summed E-state index contributed by atoms with van der Waals surface area (Å²) in [7, 11) is 0. The number of aryl methyl sites for hydroxylation is 5. The highest BCUT2D eigenvalue weighted by atomic mass is 32.1. The van der Waals surface area contributed by atoms with E-state index in [1.807, 2.05) is 11.3 Å². The fraction of sp³-hybridized carbons (Fsp3) is 0.0943. The van der Waals surface area contributed by atoms with Gasteiger partial charge in [-0.15, -0.1) is 11.3 Å². The van der Waals surface area contributed by atoms with Crippen LogP contribution in [0.4, 0.5) is 34.1 Å². The zero-order valence-electron chi connectivity index (χ0n) is 33.7. The third-order valence-electron chi connectivity index (χ3n) is 11.9. The van der Waals surface area contributed by atoms with E-state index in [0.29, 0.717) is 0 Å². The lowest BCUT2D eigenvalue weighted by molar-refractivity contribution is 0.465. The van der Waals surface area contributed by atoms with Crippen LogP contribution >= 0.6 is 11.3 Å². The lowest BCUT2D eigenvalue weighted by atomic mass is 9.34. The topological polar surface area (TPSA) is 24.9 Å². The Labute approximate surface area is 349 Å². The van der Waals surface area contributed by atoms with Crippen LogP contribution in [-0.2, 0) is 0 Å². The van der Waals surface area contributed by atoms with E-state index in [1.54, 1.807) is 0 Å². The van der Waals surface area contributed by atoms with E-state index < -0.39 is 0 Å². The van der Waals surface area contributed by atoms with Crippen molar-refractivity contribution < 1.29 is 9.47 Å². The number of ether oxygens (including phenoxy) is 2. The summed E-state index contributed by atoms with van der Waals surface area (Å²) < 4.78 is 16.8. The first-order valence-electron chi connectivity index (χ1n) is 20.3. The first-order valence-corrected chi connectivity index (χ1v) is 21.1. The van der Waals surface area contributed by atoms with Crippen LogP contribution in [0.5, 0.6) is 23.0 Å². The first-order chi connectivity index (χ1) is 28.8. The molecule has 1 aromatic heterocycles. The third-order valence-corrected chi connectivity index (χ3v) is 13.1. The number of fused-ring (bicyclic) bond motifs is 8. The minimum Gasteiger partial charge on any atom is -0.458 e. The van der Waals surface area contributed by atoms with Gasteiger partial charge in [0.15, 0.2) is 0 Å². The van der Waals surface area contributed by atoms with Gasteiger partial charge in [-0.05, 0) is 106 Å². The summed E-state index contributed by atoms with van der Waals surface area (Å²) in [5.41, 5.74) is 15.8. The molecule has 3 heterocycles. The molecule has 11 rings (SSSR count). The Hall–Kier alpha value is -6.76. The van der Waals surface area contributed by atoms with Crippen molar-refractivity contribution >= 4 is 88.7 Å². The number of anilines is 6. The molecule has 0 aliphatic carbocycles. The van der Waals surface area contributed by atoms with Gasteiger partial charge in [0.2, 0.25) is 0 Å². The molecule has 2 aliphatic rings. The van der Waals surface area contributed by atoms with E-state index in [4.69, 9.17) is 9.47 Å². The quantitative estimate of drug-likeness (QED) is 0.157. The van der Waals surface area contributed by atoms with Crippen molar-refractivity contribution in [1.82, 2.24) is 0 Å². The van der Waals surface area contributed by atoms with Crippen LogP contribution < -0.4 is 35.7 Å². The van der Waals surface area contributed by atoms with E-state index in [2.05, 4.69) is 202 Å². The Balaban J connectivity index is 1.20. The zero-order valence-corrected chi connectivity index (χ0v) is 34.5. The molecule has 6 heteroatoms. The molecule has 0 fully saturated rings. The summed E-state index contributed by atoms with van der Waals surface area (Å²) in [4.78, 5) is 4.70. The van der Waals surface area contributed by atoms with Crippen LogP contribution in [0.3, 0.4) is 0 Å². The lowest BCUT2D eigenvalue weighted by Crippen LogP contribution is -2.57. The molecule has 0 amide bonds. The molecule has 0 saturated heterocycles. The van der Waals surface area contributed by atoms with Crippen LogP contribution in [0.1, 0.15) is 27.8 Å². The monoisotopic (exact) mass is 780 g/mol. The predicted molar refractivity (Wildman–Crippen MR) is 250 cm³/mol. The summed E-state index contributed by atoms with van der Waals surface area (Å²) >= 11 is 1.85. The van der Waals surface area contributed by atoms with Gasteiger partial charge in [0, 0.05) is 66.6 Å². The Kier molecular flexibility index (Phi) is 8.21. The van der Waals surface area contributed by atoms with Crippen molar-refractivity contribution in [1.29, 1.82) is 0 Å². The van der Waals surface area contributed by atoms with Crippen molar-refractivity contribution in [2.45, 2.75) is 34.6 Å². The third kappa shape index (κ3) is 5.89. The van der Waals surface area contributed by atoms with Crippen LogP contribution in [0.25, 0.3) is 20.2 Å². The van der Waals surface area contributed by atoms with E-state index in [-0.39, 0.29) is 6.71 Å². The van der Waals surface area contributed by atoms with Gasteiger partial charge in [0.05, 0.1) is 11.4 Å². The van der Waals surface area contributed by atoms with Gasteiger partial charge in [-0.1, -0.05) is 107 Å². The number of hydrogen-bond donors (Lipinski definition) is 0. The standard InChI is InChI=1S/C53H41BN2O2S/c1-32-10-19-37(20-11-32)55(38-21-12-33(2)13-22-38)41-29-46-51-47(30-41)58-48-31-44(56(39-23-14-34(3)15-24-39)40-25-16-35(4)17-26-40)50-42-8-6-7-9-49(42)59-53(50)52(48)54(51)43-28-36(5)18-27-45(43)57-46/h6-31H,1-5H3. The van der Waals surface area contributed by atoms with Crippen molar-refractivity contribution in [3.63, 3.8) is 0 Å². The van der Waals surface area contributed by atoms with Crippen molar-refractivity contribution in [3.05, 3.63) is 186 Å². The number of thiophene rings is 1. The highest BCUT2D eigenvalue weighted by Gasteiger charge is 2.43. The first kappa shape index (κ1) is 35.4. The van der Waals surface area contributed by atoms with Crippen molar-refractivity contribution in [2.75, 3.05) is 9.80 Å². The van der Waals surface area contributed by atoms with E-state index in [9.17, 15) is 0 Å². The molecule has 8 aromatic carbocycles. The fourth-order valence-corrected chi connectivity index (χ4v) is 10.2. The molecule has 0 N–H and O–H groups in total. The van der Waals surface area contributed by atoms with E-state index >= 15 is 0 Å². The smallest absolute Gasteiger partial charge is 0.262 e. The van der Waals surface area contributed by atoms with Crippen LogP contribution in [0, 0.1) is 34.6 Å². The summed E-state index contributed by atoms with van der Waals surface area (Å²) in [6.07, 6.45) is 0. The molecule has 4 nitrogen and oxygen atoms in total. The minimum absolute atomic E-state index is 0.106. The summed E-state index contributed by atoms with van der Waals surface area (Å²) in [5, 5.41) is 2.46. The average Bonchev–Trinajstić information content (AvgIpc) is 3.64. The highest BCUT2D eigenvalue weighted by Crippen LogP contribution is 2.50. The second kappa shape index (κ2) is 13.7. The van der Waals surface area contributed by atoms with Crippen molar-refractivity contribution in [2.24, 2.45) is 0 Å². The van der Waals surface area contributed by atoms with Gasteiger partial charge in [-0.2, -0.15) is 0 Å². The number of nitrogens with zero attached hydrogens (tertiary/aromatic N) is 2. The molecular formula is C53H41BN2O2S. The second-order valence-corrected chi connectivity index (χ2v) is 17.2.